The number of likely N-dealkylation sites (N-methyl/N-ethyl adjacent to an activating group) is 1. The molecule has 1 aliphatic heterocycles. The number of anilines is 2. The Morgan fingerprint density at radius 1 is 1.19 bits per heavy atom. The van der Waals surface area contributed by atoms with Crippen molar-refractivity contribution in [3.63, 3.8) is 0 Å². The zero-order valence-corrected chi connectivity index (χ0v) is 19.1. The van der Waals surface area contributed by atoms with Crippen LogP contribution in [0.15, 0.2) is 42.5 Å². The first kappa shape index (κ1) is 22.6. The lowest BCUT2D eigenvalue weighted by molar-refractivity contribution is -0.129. The third-order valence-electron chi connectivity index (χ3n) is 5.71. The van der Waals surface area contributed by atoms with Gasteiger partial charge in [-0.05, 0) is 64.6 Å². The molecule has 1 heterocycles. The van der Waals surface area contributed by atoms with Crippen LogP contribution in [0.5, 0.6) is 11.5 Å². The Morgan fingerprint density at radius 3 is 2.58 bits per heavy atom. The van der Waals surface area contributed by atoms with E-state index >= 15 is 0 Å². The lowest BCUT2D eigenvalue weighted by Gasteiger charge is -2.44. The molecule has 31 heavy (non-hydrogen) atoms. The Morgan fingerprint density at radius 2 is 1.90 bits per heavy atom. The average Bonchev–Trinajstić information content (AvgIpc) is 2.74. The minimum Gasteiger partial charge on any atom is -0.493 e. The summed E-state index contributed by atoms with van der Waals surface area (Å²) in [5, 5.41) is 2.90. The van der Waals surface area contributed by atoms with Gasteiger partial charge in [-0.3, -0.25) is 19.4 Å². The number of fused-ring (bicyclic) bond motifs is 1. The highest BCUT2D eigenvalue weighted by molar-refractivity contribution is 6.15. The molecule has 1 atom stereocenters. The van der Waals surface area contributed by atoms with Crippen LogP contribution in [-0.4, -0.2) is 49.1 Å². The molecule has 0 aromatic heterocycles. The highest BCUT2D eigenvalue weighted by atomic mass is 16.5. The van der Waals surface area contributed by atoms with Crippen LogP contribution >= 0.6 is 0 Å². The molecule has 2 aromatic rings. The molecule has 0 unspecified atom stereocenters. The third-order valence-corrected chi connectivity index (χ3v) is 5.71. The minimum absolute atomic E-state index is 0.132. The molecule has 1 N–H and O–H groups in total. The van der Waals surface area contributed by atoms with Crippen LogP contribution in [0, 0.1) is 0 Å². The second kappa shape index (κ2) is 8.98. The van der Waals surface area contributed by atoms with Crippen LogP contribution in [0.25, 0.3) is 0 Å². The number of ether oxygens (including phenoxy) is 2. The van der Waals surface area contributed by atoms with Crippen molar-refractivity contribution in [2.24, 2.45) is 0 Å². The molecule has 3 rings (SSSR count). The number of benzene rings is 2. The Balaban J connectivity index is 1.83. The number of amides is 2. The summed E-state index contributed by atoms with van der Waals surface area (Å²) < 4.78 is 11.0. The van der Waals surface area contributed by atoms with Crippen molar-refractivity contribution in [2.75, 3.05) is 31.0 Å². The van der Waals surface area contributed by atoms with E-state index in [1.54, 1.807) is 25.9 Å². The molecule has 0 spiro atoms. The van der Waals surface area contributed by atoms with E-state index in [0.29, 0.717) is 36.0 Å². The van der Waals surface area contributed by atoms with Crippen molar-refractivity contribution in [3.05, 3.63) is 48.0 Å². The van der Waals surface area contributed by atoms with Gasteiger partial charge in [-0.25, -0.2) is 0 Å². The van der Waals surface area contributed by atoms with E-state index in [2.05, 4.69) is 5.32 Å². The van der Waals surface area contributed by atoms with E-state index in [1.165, 1.54) is 0 Å². The van der Waals surface area contributed by atoms with Gasteiger partial charge < -0.3 is 14.8 Å². The van der Waals surface area contributed by atoms with Crippen molar-refractivity contribution in [1.29, 1.82) is 0 Å². The Labute approximate surface area is 183 Å². The van der Waals surface area contributed by atoms with Gasteiger partial charge in [-0.15, -0.1) is 0 Å². The largest absolute Gasteiger partial charge is 0.493 e. The summed E-state index contributed by atoms with van der Waals surface area (Å²) >= 11 is 0. The maximum atomic E-state index is 13.6. The number of carbonyl (C=O) groups excluding carboxylic acids is 2. The Bertz CT molecular complexity index is 973. The summed E-state index contributed by atoms with van der Waals surface area (Å²) in [7, 11) is 3.51. The molecular weight excluding hydrogens is 394 g/mol. The maximum Gasteiger partial charge on any atom is 0.250 e. The summed E-state index contributed by atoms with van der Waals surface area (Å²) in [5.74, 6) is 1.02. The van der Waals surface area contributed by atoms with Crippen LogP contribution in [0.4, 0.5) is 11.4 Å². The SMILES string of the molecule is CCOc1ccc(CN(C)[C@H](C)C(=O)N2c3ccccc3NC(=O)C2(C)C)cc1OC. The molecule has 2 aromatic carbocycles. The van der Waals surface area contributed by atoms with E-state index in [4.69, 9.17) is 9.47 Å². The quantitative estimate of drug-likeness (QED) is 0.733. The monoisotopic (exact) mass is 425 g/mol. The minimum atomic E-state index is -0.997. The number of hydrogen-bond acceptors (Lipinski definition) is 5. The Kier molecular flexibility index (Phi) is 6.55. The van der Waals surface area contributed by atoms with Crippen molar-refractivity contribution >= 4 is 23.2 Å². The molecule has 166 valence electrons. The van der Waals surface area contributed by atoms with E-state index in [0.717, 1.165) is 5.56 Å². The average molecular weight is 426 g/mol. The van der Waals surface area contributed by atoms with Gasteiger partial charge >= 0.3 is 0 Å². The second-order valence-corrected chi connectivity index (χ2v) is 8.21. The van der Waals surface area contributed by atoms with Gasteiger partial charge in [0.2, 0.25) is 11.8 Å². The van der Waals surface area contributed by atoms with Gasteiger partial charge in [0.15, 0.2) is 11.5 Å². The summed E-state index contributed by atoms with van der Waals surface area (Å²) in [5.41, 5.74) is 1.35. The van der Waals surface area contributed by atoms with Crippen molar-refractivity contribution in [1.82, 2.24) is 4.90 Å². The maximum absolute atomic E-state index is 13.6. The van der Waals surface area contributed by atoms with Crippen molar-refractivity contribution < 1.29 is 19.1 Å². The van der Waals surface area contributed by atoms with E-state index in [-0.39, 0.29) is 11.8 Å². The van der Waals surface area contributed by atoms with Gasteiger partial charge in [0, 0.05) is 6.54 Å². The highest BCUT2D eigenvalue weighted by Gasteiger charge is 2.45. The zero-order chi connectivity index (χ0) is 22.8. The number of nitrogens with zero attached hydrogens (tertiary/aromatic N) is 2. The zero-order valence-electron chi connectivity index (χ0n) is 19.1. The van der Waals surface area contributed by atoms with Crippen molar-refractivity contribution in [3.8, 4) is 11.5 Å². The smallest absolute Gasteiger partial charge is 0.250 e. The molecular formula is C24H31N3O4. The molecule has 7 nitrogen and oxygen atoms in total. The standard InChI is InChI=1S/C24H31N3O4/c1-7-31-20-13-12-17(14-21(20)30-6)15-26(5)16(2)22(28)27-19-11-9-8-10-18(19)25-23(29)24(27,3)4/h8-14,16H,7,15H2,1-6H3,(H,25,29)/t16-/m1/s1. The molecule has 0 aliphatic carbocycles. The molecule has 0 saturated heterocycles. The van der Waals surface area contributed by atoms with Gasteiger partial charge in [0.25, 0.3) is 0 Å². The highest BCUT2D eigenvalue weighted by Crippen LogP contribution is 2.37. The fraction of sp³-hybridized carbons (Fsp3) is 0.417. The summed E-state index contributed by atoms with van der Waals surface area (Å²) in [4.78, 5) is 29.8. The molecule has 2 amide bonds. The topological polar surface area (TPSA) is 71.1 Å². The lowest BCUT2D eigenvalue weighted by atomic mass is 9.95. The number of nitrogens with one attached hydrogen (secondary N) is 1. The Hall–Kier alpha value is -3.06. The third kappa shape index (κ3) is 4.37. The molecule has 0 saturated carbocycles. The van der Waals surface area contributed by atoms with Gasteiger partial charge in [0.1, 0.15) is 5.54 Å². The van der Waals surface area contributed by atoms with E-state index < -0.39 is 11.6 Å². The van der Waals surface area contributed by atoms with E-state index in [9.17, 15) is 9.59 Å². The number of hydrogen-bond donors (Lipinski definition) is 1. The number of methoxy groups -OCH3 is 1. The number of carbonyl (C=O) groups is 2. The van der Waals surface area contributed by atoms with Gasteiger partial charge in [0.05, 0.1) is 31.1 Å². The first-order valence-corrected chi connectivity index (χ1v) is 10.4. The van der Waals surface area contributed by atoms with E-state index in [1.807, 2.05) is 68.3 Å². The van der Waals surface area contributed by atoms with Crippen LogP contribution in [0.1, 0.15) is 33.3 Å². The molecule has 0 fully saturated rings. The number of rotatable bonds is 7. The van der Waals surface area contributed by atoms with Crippen molar-refractivity contribution in [2.45, 2.75) is 45.8 Å². The first-order valence-electron chi connectivity index (χ1n) is 10.4. The fourth-order valence-corrected chi connectivity index (χ4v) is 3.73. The predicted octanol–water partition coefficient (Wildman–Crippen LogP) is 3.68. The lowest BCUT2D eigenvalue weighted by Crippen LogP contribution is -2.61. The van der Waals surface area contributed by atoms with Crippen LogP contribution < -0.4 is 19.7 Å². The molecule has 0 bridgehead atoms. The second-order valence-electron chi connectivity index (χ2n) is 8.21. The van der Waals surface area contributed by atoms with Crippen LogP contribution in [-0.2, 0) is 16.1 Å². The first-order chi connectivity index (χ1) is 14.7. The predicted molar refractivity (Wildman–Crippen MR) is 122 cm³/mol. The molecule has 7 heteroatoms. The summed E-state index contributed by atoms with van der Waals surface area (Å²) in [6.45, 7) is 8.41. The fourth-order valence-electron chi connectivity index (χ4n) is 3.73. The molecule has 1 aliphatic rings. The van der Waals surface area contributed by atoms with Gasteiger partial charge in [-0.1, -0.05) is 18.2 Å². The normalized spacial score (nSPS) is 15.8. The van der Waals surface area contributed by atoms with Crippen LogP contribution in [0.2, 0.25) is 0 Å². The molecule has 0 radical (unpaired) electrons. The summed E-state index contributed by atoms with van der Waals surface area (Å²) in [6, 6.07) is 12.7. The number of para-hydroxylation sites is 2. The summed E-state index contributed by atoms with van der Waals surface area (Å²) in [6.07, 6.45) is 0. The van der Waals surface area contributed by atoms with Gasteiger partial charge in [-0.2, -0.15) is 0 Å². The van der Waals surface area contributed by atoms with Crippen LogP contribution in [0.3, 0.4) is 0 Å².